The van der Waals surface area contributed by atoms with Gasteiger partial charge in [0.2, 0.25) is 5.91 Å². The first kappa shape index (κ1) is 13.4. The Hall–Kier alpha value is -2.04. The van der Waals surface area contributed by atoms with Gasteiger partial charge in [0.05, 0.1) is 18.7 Å². The molecule has 0 saturated heterocycles. The molecule has 1 N–H and O–H groups in total. The van der Waals surface area contributed by atoms with Crippen LogP contribution in [-0.2, 0) is 9.59 Å². The maximum Gasteiger partial charge on any atom is 0.311 e. The number of aryl methyl sites for hydroxylation is 1. The van der Waals surface area contributed by atoms with Crippen LogP contribution in [0.2, 0.25) is 0 Å². The van der Waals surface area contributed by atoms with Crippen LogP contribution in [-0.4, -0.2) is 30.6 Å². The number of fused-ring (bicyclic) bond motifs is 1. The normalized spacial score (nSPS) is 17.8. The van der Waals surface area contributed by atoms with E-state index in [0.717, 1.165) is 5.56 Å². The Morgan fingerprint density at radius 1 is 1.42 bits per heavy atom. The average molecular weight is 263 g/mol. The first-order valence-electron chi connectivity index (χ1n) is 6.15. The lowest BCUT2D eigenvalue weighted by Crippen LogP contribution is -2.37. The topological polar surface area (TPSA) is 66.8 Å². The third-order valence-electron chi connectivity index (χ3n) is 3.56. The molecule has 5 heteroatoms. The van der Waals surface area contributed by atoms with Gasteiger partial charge < -0.3 is 14.7 Å². The van der Waals surface area contributed by atoms with Gasteiger partial charge in [0, 0.05) is 13.5 Å². The van der Waals surface area contributed by atoms with E-state index in [1.807, 2.05) is 13.0 Å². The molecule has 1 aliphatic heterocycles. The van der Waals surface area contributed by atoms with Gasteiger partial charge in [-0.25, -0.2) is 0 Å². The van der Waals surface area contributed by atoms with Crippen molar-refractivity contribution >= 4 is 17.6 Å². The van der Waals surface area contributed by atoms with E-state index >= 15 is 0 Å². The first-order valence-corrected chi connectivity index (χ1v) is 6.15. The molecule has 0 saturated carbocycles. The summed E-state index contributed by atoms with van der Waals surface area (Å²) in [5.41, 5.74) is 2.16. The lowest BCUT2D eigenvalue weighted by molar-refractivity contribution is -0.139. The summed E-state index contributed by atoms with van der Waals surface area (Å²) in [5, 5.41) is 9.35. The predicted molar refractivity (Wildman–Crippen MR) is 70.8 cm³/mol. The van der Waals surface area contributed by atoms with Crippen LogP contribution in [0, 0.1) is 6.92 Å². The average Bonchev–Trinajstić information content (AvgIpc) is 2.37. The fourth-order valence-corrected chi connectivity index (χ4v) is 2.65. The van der Waals surface area contributed by atoms with Crippen molar-refractivity contribution in [3.8, 4) is 5.75 Å². The number of amides is 1. The number of hydrogen-bond acceptors (Lipinski definition) is 3. The third-order valence-corrected chi connectivity index (χ3v) is 3.56. The minimum atomic E-state index is -0.860. The molecule has 1 aromatic rings. The minimum Gasteiger partial charge on any atom is -0.495 e. The van der Waals surface area contributed by atoms with Crippen molar-refractivity contribution in [1.29, 1.82) is 0 Å². The number of methoxy groups -OCH3 is 1. The van der Waals surface area contributed by atoms with Crippen molar-refractivity contribution in [2.24, 2.45) is 0 Å². The number of benzene rings is 1. The summed E-state index contributed by atoms with van der Waals surface area (Å²) < 4.78 is 5.29. The summed E-state index contributed by atoms with van der Waals surface area (Å²) in [6.07, 6.45) is 0.427. The van der Waals surface area contributed by atoms with Gasteiger partial charge in [-0.2, -0.15) is 0 Å². The molecule has 102 valence electrons. The molecule has 0 fully saturated rings. The zero-order valence-corrected chi connectivity index (χ0v) is 11.3. The highest BCUT2D eigenvalue weighted by atomic mass is 16.5. The van der Waals surface area contributed by atoms with Crippen molar-refractivity contribution in [1.82, 2.24) is 0 Å². The van der Waals surface area contributed by atoms with Crippen molar-refractivity contribution < 1.29 is 19.4 Å². The number of carboxylic acids is 1. The molecule has 1 heterocycles. The van der Waals surface area contributed by atoms with Crippen LogP contribution in [0.1, 0.15) is 30.4 Å². The van der Waals surface area contributed by atoms with Crippen LogP contribution in [0.3, 0.4) is 0 Å². The second-order valence-corrected chi connectivity index (χ2v) is 4.70. The van der Waals surface area contributed by atoms with Crippen LogP contribution in [0.25, 0.3) is 0 Å². The SMILES string of the molecule is COc1ccc(C)c2c1N(C(C)=O)CCC2C(=O)O. The molecule has 19 heavy (non-hydrogen) atoms. The molecule has 1 unspecified atom stereocenters. The van der Waals surface area contributed by atoms with E-state index < -0.39 is 11.9 Å². The third kappa shape index (κ3) is 2.16. The number of ether oxygens (including phenoxy) is 1. The number of carbonyl (C=O) groups excluding carboxylic acids is 1. The molecule has 0 radical (unpaired) electrons. The van der Waals surface area contributed by atoms with E-state index in [1.165, 1.54) is 14.0 Å². The standard InChI is InChI=1S/C14H17NO4/c1-8-4-5-11(19-3)13-12(8)10(14(17)18)6-7-15(13)9(2)16/h4-5,10H,6-7H2,1-3H3,(H,17,18). The maximum absolute atomic E-state index is 11.7. The molecule has 0 aliphatic carbocycles. The highest BCUT2D eigenvalue weighted by molar-refractivity contribution is 5.97. The zero-order valence-electron chi connectivity index (χ0n) is 11.3. The summed E-state index contributed by atoms with van der Waals surface area (Å²) in [6.45, 7) is 3.74. The number of rotatable bonds is 2. The van der Waals surface area contributed by atoms with E-state index in [0.29, 0.717) is 30.0 Å². The monoisotopic (exact) mass is 263 g/mol. The van der Waals surface area contributed by atoms with Crippen molar-refractivity contribution in [3.05, 3.63) is 23.3 Å². The lowest BCUT2D eigenvalue weighted by atomic mass is 9.86. The second-order valence-electron chi connectivity index (χ2n) is 4.70. The fourth-order valence-electron chi connectivity index (χ4n) is 2.65. The Morgan fingerprint density at radius 3 is 2.63 bits per heavy atom. The minimum absolute atomic E-state index is 0.103. The molecule has 1 atom stereocenters. The van der Waals surface area contributed by atoms with E-state index in [9.17, 15) is 14.7 Å². The molecule has 5 nitrogen and oxygen atoms in total. The molecule has 1 aromatic carbocycles. The smallest absolute Gasteiger partial charge is 0.311 e. The summed E-state index contributed by atoms with van der Waals surface area (Å²) >= 11 is 0. The largest absolute Gasteiger partial charge is 0.495 e. The Morgan fingerprint density at radius 2 is 2.11 bits per heavy atom. The number of anilines is 1. The molecule has 0 aromatic heterocycles. The van der Waals surface area contributed by atoms with Crippen molar-refractivity contribution in [2.75, 3.05) is 18.6 Å². The van der Waals surface area contributed by atoms with Gasteiger partial charge in [-0.1, -0.05) is 6.07 Å². The predicted octanol–water partition coefficient (Wildman–Crippen LogP) is 1.93. The Kier molecular flexibility index (Phi) is 3.46. The summed E-state index contributed by atoms with van der Waals surface area (Å²) in [4.78, 5) is 24.7. The second kappa shape index (κ2) is 4.91. The number of nitrogens with zero attached hydrogens (tertiary/aromatic N) is 1. The summed E-state index contributed by atoms with van der Waals surface area (Å²) in [7, 11) is 1.52. The van der Waals surface area contributed by atoms with E-state index in [4.69, 9.17) is 4.74 Å². The fraction of sp³-hybridized carbons (Fsp3) is 0.429. The van der Waals surface area contributed by atoms with E-state index in [2.05, 4.69) is 0 Å². The van der Waals surface area contributed by atoms with Crippen molar-refractivity contribution in [2.45, 2.75) is 26.2 Å². The quantitative estimate of drug-likeness (QED) is 0.885. The number of hydrogen-bond donors (Lipinski definition) is 1. The van der Waals surface area contributed by atoms with Gasteiger partial charge in [0.1, 0.15) is 5.75 Å². The van der Waals surface area contributed by atoms with Gasteiger partial charge >= 0.3 is 5.97 Å². The molecule has 1 aliphatic rings. The highest BCUT2D eigenvalue weighted by Crippen LogP contribution is 2.43. The molecule has 2 rings (SSSR count). The first-order chi connectivity index (χ1) is 8.97. The van der Waals surface area contributed by atoms with Crippen LogP contribution in [0.15, 0.2) is 12.1 Å². The number of aliphatic carboxylic acids is 1. The molecule has 1 amide bonds. The Bertz CT molecular complexity index is 538. The van der Waals surface area contributed by atoms with Crippen LogP contribution >= 0.6 is 0 Å². The zero-order chi connectivity index (χ0) is 14.2. The lowest BCUT2D eigenvalue weighted by Gasteiger charge is -2.34. The molecular formula is C14H17NO4. The van der Waals surface area contributed by atoms with Gasteiger partial charge in [-0.05, 0) is 30.5 Å². The van der Waals surface area contributed by atoms with Crippen LogP contribution in [0.5, 0.6) is 5.75 Å². The number of carbonyl (C=O) groups is 2. The molecular weight excluding hydrogens is 246 g/mol. The van der Waals surface area contributed by atoms with E-state index in [1.54, 1.807) is 11.0 Å². The van der Waals surface area contributed by atoms with Gasteiger partial charge in [-0.15, -0.1) is 0 Å². The van der Waals surface area contributed by atoms with Gasteiger partial charge in [0.15, 0.2) is 0 Å². The molecule has 0 bridgehead atoms. The Labute approximate surface area is 111 Å². The van der Waals surface area contributed by atoms with Gasteiger partial charge in [-0.3, -0.25) is 9.59 Å². The van der Waals surface area contributed by atoms with Crippen LogP contribution in [0.4, 0.5) is 5.69 Å². The van der Waals surface area contributed by atoms with Gasteiger partial charge in [0.25, 0.3) is 0 Å². The Balaban J connectivity index is 2.69. The summed E-state index contributed by atoms with van der Waals surface area (Å²) in [5.74, 6) is -1.00. The molecule has 0 spiro atoms. The maximum atomic E-state index is 11.7. The highest BCUT2D eigenvalue weighted by Gasteiger charge is 2.35. The van der Waals surface area contributed by atoms with Crippen molar-refractivity contribution in [3.63, 3.8) is 0 Å². The summed E-state index contributed by atoms with van der Waals surface area (Å²) in [6, 6.07) is 3.60. The van der Waals surface area contributed by atoms with Crippen LogP contribution < -0.4 is 9.64 Å². The van der Waals surface area contributed by atoms with E-state index in [-0.39, 0.29) is 5.91 Å². The number of carboxylic acid groups (broad SMARTS) is 1.